The van der Waals surface area contributed by atoms with Crippen LogP contribution in [-0.4, -0.2) is 44.6 Å². The van der Waals surface area contributed by atoms with Gasteiger partial charge >= 0.3 is 0 Å². The fraction of sp³-hybridized carbons (Fsp3) is 0.435. The number of nitrogens with one attached hydrogen (secondary N) is 1. The first-order valence-electron chi connectivity index (χ1n) is 10.3. The van der Waals surface area contributed by atoms with E-state index >= 15 is 0 Å². The van der Waals surface area contributed by atoms with Gasteiger partial charge in [0, 0.05) is 6.54 Å². The van der Waals surface area contributed by atoms with Crippen LogP contribution in [0.1, 0.15) is 43.5 Å². The maximum Gasteiger partial charge on any atom is 0.235 e. The molecule has 1 N–H and O–H groups in total. The lowest BCUT2D eigenvalue weighted by Gasteiger charge is -2.22. The van der Waals surface area contributed by atoms with Gasteiger partial charge in [0.05, 0.1) is 32.1 Å². The number of carbonyl (C=O) groups is 1. The molecule has 1 amide bonds. The Labute approximate surface area is 185 Å². The van der Waals surface area contributed by atoms with E-state index in [1.54, 1.807) is 0 Å². The quantitative estimate of drug-likeness (QED) is 0.569. The zero-order chi connectivity index (χ0) is 23.0. The van der Waals surface area contributed by atoms with Gasteiger partial charge in [-0.1, -0.05) is 35.9 Å². The third-order valence-corrected chi connectivity index (χ3v) is 5.91. The molecule has 0 aliphatic rings. The molecule has 8 heteroatoms. The number of ether oxygens (including phenoxy) is 2. The SMILES string of the molecule is CCOc1ccc([C@H](C)NC(=O)CN(Cc2ccc(C)cc2)S(C)(=O)=O)cc1OCC. The highest BCUT2D eigenvalue weighted by Gasteiger charge is 2.22. The largest absolute Gasteiger partial charge is 0.490 e. The van der Waals surface area contributed by atoms with Crippen molar-refractivity contribution in [3.8, 4) is 11.5 Å². The molecular formula is C23H32N2O5S. The number of benzene rings is 2. The Morgan fingerprint density at radius 3 is 2.23 bits per heavy atom. The fourth-order valence-electron chi connectivity index (χ4n) is 3.06. The minimum Gasteiger partial charge on any atom is -0.490 e. The van der Waals surface area contributed by atoms with Crippen LogP contribution in [0, 0.1) is 6.92 Å². The summed E-state index contributed by atoms with van der Waals surface area (Å²) in [4.78, 5) is 12.6. The van der Waals surface area contributed by atoms with E-state index in [9.17, 15) is 13.2 Å². The Bertz CT molecular complexity index is 974. The van der Waals surface area contributed by atoms with Crippen molar-refractivity contribution in [2.45, 2.75) is 40.3 Å². The van der Waals surface area contributed by atoms with Gasteiger partial charge in [-0.25, -0.2) is 8.42 Å². The van der Waals surface area contributed by atoms with Crippen LogP contribution in [0.4, 0.5) is 0 Å². The summed E-state index contributed by atoms with van der Waals surface area (Å²) >= 11 is 0. The van der Waals surface area contributed by atoms with Crippen molar-refractivity contribution in [1.29, 1.82) is 0 Å². The molecule has 2 aromatic carbocycles. The lowest BCUT2D eigenvalue weighted by molar-refractivity contribution is -0.122. The number of nitrogens with zero attached hydrogens (tertiary/aromatic N) is 1. The van der Waals surface area contributed by atoms with E-state index in [0.717, 1.165) is 22.9 Å². The molecule has 0 aliphatic heterocycles. The highest BCUT2D eigenvalue weighted by Crippen LogP contribution is 2.30. The summed E-state index contributed by atoms with van der Waals surface area (Å²) in [6.45, 7) is 8.49. The van der Waals surface area contributed by atoms with Crippen LogP contribution < -0.4 is 14.8 Å². The normalized spacial score (nSPS) is 12.5. The third kappa shape index (κ3) is 7.56. The van der Waals surface area contributed by atoms with Gasteiger partial charge in [0.1, 0.15) is 0 Å². The van der Waals surface area contributed by atoms with Gasteiger partial charge in [-0.3, -0.25) is 4.79 Å². The summed E-state index contributed by atoms with van der Waals surface area (Å²) in [6.07, 6.45) is 1.11. The van der Waals surface area contributed by atoms with Crippen LogP contribution in [0.2, 0.25) is 0 Å². The second kappa shape index (κ2) is 11.2. The molecule has 0 saturated heterocycles. The second-order valence-corrected chi connectivity index (χ2v) is 9.36. The third-order valence-electron chi connectivity index (χ3n) is 4.71. The molecule has 1 atom stereocenters. The molecule has 170 valence electrons. The molecule has 31 heavy (non-hydrogen) atoms. The van der Waals surface area contributed by atoms with Crippen molar-refractivity contribution in [2.75, 3.05) is 26.0 Å². The molecule has 0 aliphatic carbocycles. The van der Waals surface area contributed by atoms with E-state index in [-0.39, 0.29) is 25.0 Å². The predicted molar refractivity (Wildman–Crippen MR) is 122 cm³/mol. The molecule has 2 aromatic rings. The van der Waals surface area contributed by atoms with E-state index in [4.69, 9.17) is 9.47 Å². The minimum atomic E-state index is -3.56. The van der Waals surface area contributed by atoms with Crippen molar-refractivity contribution in [3.63, 3.8) is 0 Å². The van der Waals surface area contributed by atoms with Crippen LogP contribution in [0.3, 0.4) is 0 Å². The fourth-order valence-corrected chi connectivity index (χ4v) is 3.79. The maximum absolute atomic E-state index is 12.6. The Morgan fingerprint density at radius 1 is 1.03 bits per heavy atom. The molecule has 0 unspecified atom stereocenters. The summed E-state index contributed by atoms with van der Waals surface area (Å²) < 4.78 is 36.8. The van der Waals surface area contributed by atoms with E-state index in [2.05, 4.69) is 5.32 Å². The number of rotatable bonds is 11. The number of aryl methyl sites for hydroxylation is 1. The van der Waals surface area contributed by atoms with Crippen molar-refractivity contribution in [1.82, 2.24) is 9.62 Å². The topological polar surface area (TPSA) is 84.9 Å². The highest BCUT2D eigenvalue weighted by atomic mass is 32.2. The van der Waals surface area contributed by atoms with Crippen LogP contribution in [-0.2, 0) is 21.4 Å². The van der Waals surface area contributed by atoms with Gasteiger partial charge in [-0.05, 0) is 51.0 Å². The van der Waals surface area contributed by atoms with Gasteiger partial charge in [0.2, 0.25) is 15.9 Å². The number of carbonyl (C=O) groups excluding carboxylic acids is 1. The number of hydrogen-bond acceptors (Lipinski definition) is 5. The molecule has 0 fully saturated rings. The standard InChI is InChI=1S/C23H32N2O5S/c1-6-29-21-13-12-20(14-22(21)30-7-2)18(4)24-23(26)16-25(31(5,27)28)15-19-10-8-17(3)9-11-19/h8-14,18H,6-7,15-16H2,1-5H3,(H,24,26)/t18-/m0/s1. The van der Waals surface area contributed by atoms with Gasteiger partial charge in [0.15, 0.2) is 11.5 Å². The van der Waals surface area contributed by atoms with Crippen LogP contribution in [0.25, 0.3) is 0 Å². The summed E-state index contributed by atoms with van der Waals surface area (Å²) in [6, 6.07) is 12.7. The van der Waals surface area contributed by atoms with E-state index in [1.165, 1.54) is 4.31 Å². The molecule has 0 spiro atoms. The first-order chi connectivity index (χ1) is 14.6. The molecule has 7 nitrogen and oxygen atoms in total. The lowest BCUT2D eigenvalue weighted by Crippen LogP contribution is -2.40. The average Bonchev–Trinajstić information content (AvgIpc) is 2.70. The Morgan fingerprint density at radius 2 is 1.65 bits per heavy atom. The number of sulfonamides is 1. The monoisotopic (exact) mass is 448 g/mol. The molecular weight excluding hydrogens is 416 g/mol. The Hall–Kier alpha value is -2.58. The van der Waals surface area contributed by atoms with E-state index < -0.39 is 10.0 Å². The summed E-state index contributed by atoms with van der Waals surface area (Å²) in [5.74, 6) is 0.880. The van der Waals surface area contributed by atoms with Gasteiger partial charge in [-0.15, -0.1) is 0 Å². The van der Waals surface area contributed by atoms with Gasteiger partial charge < -0.3 is 14.8 Å². The second-order valence-electron chi connectivity index (χ2n) is 7.38. The number of amides is 1. The summed E-state index contributed by atoms with van der Waals surface area (Å²) in [5.41, 5.74) is 2.75. The highest BCUT2D eigenvalue weighted by molar-refractivity contribution is 7.88. The summed E-state index contributed by atoms with van der Waals surface area (Å²) in [7, 11) is -3.56. The van der Waals surface area contributed by atoms with Crippen molar-refractivity contribution in [2.24, 2.45) is 0 Å². The molecule has 0 radical (unpaired) electrons. The Kier molecular flexibility index (Phi) is 8.88. The van der Waals surface area contributed by atoms with Crippen molar-refractivity contribution >= 4 is 15.9 Å². The van der Waals surface area contributed by atoms with Crippen molar-refractivity contribution < 1.29 is 22.7 Å². The van der Waals surface area contributed by atoms with Crippen molar-refractivity contribution in [3.05, 3.63) is 59.2 Å². The predicted octanol–water partition coefficient (Wildman–Crippen LogP) is 3.43. The van der Waals surface area contributed by atoms with Gasteiger partial charge in [0.25, 0.3) is 0 Å². The van der Waals surface area contributed by atoms with Crippen LogP contribution in [0.15, 0.2) is 42.5 Å². The lowest BCUT2D eigenvalue weighted by atomic mass is 10.1. The van der Waals surface area contributed by atoms with E-state index in [0.29, 0.717) is 24.7 Å². The molecule has 0 saturated carbocycles. The average molecular weight is 449 g/mol. The zero-order valence-electron chi connectivity index (χ0n) is 18.8. The Balaban J connectivity index is 2.09. The van der Waals surface area contributed by atoms with Crippen LogP contribution in [0.5, 0.6) is 11.5 Å². The smallest absolute Gasteiger partial charge is 0.235 e. The molecule has 2 rings (SSSR count). The van der Waals surface area contributed by atoms with E-state index in [1.807, 2.05) is 70.2 Å². The maximum atomic E-state index is 12.6. The zero-order valence-corrected chi connectivity index (χ0v) is 19.7. The first-order valence-corrected chi connectivity index (χ1v) is 12.2. The van der Waals surface area contributed by atoms with Crippen LogP contribution >= 0.6 is 0 Å². The minimum absolute atomic E-state index is 0.137. The van der Waals surface area contributed by atoms with Gasteiger partial charge in [-0.2, -0.15) is 4.31 Å². The molecule has 0 bridgehead atoms. The summed E-state index contributed by atoms with van der Waals surface area (Å²) in [5, 5.41) is 2.87. The molecule has 0 heterocycles. The number of hydrogen-bond donors (Lipinski definition) is 1. The first kappa shape index (κ1) is 24.7. The molecule has 0 aromatic heterocycles.